The van der Waals surface area contributed by atoms with Gasteiger partial charge in [-0.15, -0.1) is 0 Å². The monoisotopic (exact) mass is 204 g/mol. The summed E-state index contributed by atoms with van der Waals surface area (Å²) in [6, 6.07) is 0. The Kier molecular flexibility index (Phi) is 2.34. The number of carbonyl (C=O) groups excluding carboxylic acids is 1. The van der Waals surface area contributed by atoms with Crippen molar-refractivity contribution in [2.24, 2.45) is 5.14 Å². The van der Waals surface area contributed by atoms with Crippen LogP contribution in [-0.4, -0.2) is 24.3 Å². The van der Waals surface area contributed by atoms with Gasteiger partial charge in [-0.25, -0.2) is 18.5 Å². The zero-order chi connectivity index (χ0) is 10.1. The molecule has 0 spiro atoms. The van der Waals surface area contributed by atoms with Crippen LogP contribution in [-0.2, 0) is 14.8 Å². The van der Waals surface area contributed by atoms with E-state index in [1.54, 1.807) is 0 Å². The summed E-state index contributed by atoms with van der Waals surface area (Å²) in [7, 11) is -3.87. The van der Waals surface area contributed by atoms with Crippen LogP contribution in [0.1, 0.15) is 6.92 Å². The molecule has 1 amide bonds. The van der Waals surface area contributed by atoms with Gasteiger partial charge in [0, 0.05) is 6.92 Å². The number of aromatic nitrogens is 2. The summed E-state index contributed by atoms with van der Waals surface area (Å²) < 4.78 is 21.7. The molecule has 13 heavy (non-hydrogen) atoms. The molecular formula is C5H8N4O3S. The molecule has 4 N–H and O–H groups in total. The molecule has 1 aromatic heterocycles. The molecular weight excluding hydrogens is 196 g/mol. The van der Waals surface area contributed by atoms with Crippen molar-refractivity contribution >= 4 is 21.7 Å². The first kappa shape index (κ1) is 9.68. The van der Waals surface area contributed by atoms with Gasteiger partial charge >= 0.3 is 0 Å². The minimum absolute atomic E-state index is 0.0880. The third-order valence-electron chi connectivity index (χ3n) is 1.18. The number of nitrogens with one attached hydrogen (secondary N) is 2. The summed E-state index contributed by atoms with van der Waals surface area (Å²) in [6.45, 7) is 1.24. The Hall–Kier alpha value is -1.41. The van der Waals surface area contributed by atoms with Gasteiger partial charge in [0.15, 0.2) is 10.8 Å². The number of aromatic amines is 1. The van der Waals surface area contributed by atoms with Crippen LogP contribution < -0.4 is 10.5 Å². The van der Waals surface area contributed by atoms with Crippen LogP contribution in [0.25, 0.3) is 0 Å². The molecule has 0 aliphatic heterocycles. The van der Waals surface area contributed by atoms with Gasteiger partial charge in [0.05, 0.1) is 6.33 Å². The van der Waals surface area contributed by atoms with Gasteiger partial charge in [-0.1, -0.05) is 0 Å². The number of primary sulfonamides is 1. The second-order valence-corrected chi connectivity index (χ2v) is 3.80. The van der Waals surface area contributed by atoms with E-state index in [9.17, 15) is 13.2 Å². The van der Waals surface area contributed by atoms with Crippen molar-refractivity contribution < 1.29 is 13.2 Å². The van der Waals surface area contributed by atoms with E-state index in [1.807, 2.05) is 0 Å². The Morgan fingerprint density at radius 2 is 2.31 bits per heavy atom. The van der Waals surface area contributed by atoms with Crippen LogP contribution in [0.3, 0.4) is 0 Å². The van der Waals surface area contributed by atoms with Gasteiger partial charge in [0.25, 0.3) is 10.0 Å². The molecule has 1 heterocycles. The lowest BCUT2D eigenvalue weighted by atomic mass is 10.6. The molecule has 1 rings (SSSR count). The predicted octanol–water partition coefficient (Wildman–Crippen LogP) is -0.985. The highest BCUT2D eigenvalue weighted by atomic mass is 32.2. The lowest BCUT2D eigenvalue weighted by Crippen LogP contribution is -2.16. The zero-order valence-corrected chi connectivity index (χ0v) is 7.55. The van der Waals surface area contributed by atoms with Crippen LogP contribution >= 0.6 is 0 Å². The smallest absolute Gasteiger partial charge is 0.257 e. The molecule has 0 fully saturated rings. The Bertz CT molecular complexity index is 421. The highest BCUT2D eigenvalue weighted by molar-refractivity contribution is 7.89. The number of anilines is 1. The third kappa shape index (κ3) is 2.26. The minimum atomic E-state index is -3.87. The summed E-state index contributed by atoms with van der Waals surface area (Å²) in [5.41, 5.74) is 0. The van der Waals surface area contributed by atoms with Crippen molar-refractivity contribution in [3.05, 3.63) is 6.33 Å². The van der Waals surface area contributed by atoms with Crippen LogP contribution in [0.2, 0.25) is 0 Å². The molecule has 8 heteroatoms. The number of rotatable bonds is 2. The second kappa shape index (κ2) is 3.15. The molecule has 1 aromatic rings. The first-order valence-electron chi connectivity index (χ1n) is 3.25. The fourth-order valence-electron chi connectivity index (χ4n) is 0.755. The first-order valence-corrected chi connectivity index (χ1v) is 4.79. The number of amides is 1. The number of hydrogen-bond donors (Lipinski definition) is 3. The summed E-state index contributed by atoms with van der Waals surface area (Å²) in [4.78, 5) is 16.5. The number of imidazole rings is 1. The van der Waals surface area contributed by atoms with Gasteiger partial charge in [-0.2, -0.15) is 0 Å². The quantitative estimate of drug-likeness (QED) is 0.573. The number of nitrogens with two attached hydrogens (primary N) is 1. The number of carbonyl (C=O) groups is 1. The second-order valence-electron chi connectivity index (χ2n) is 2.31. The highest BCUT2D eigenvalue weighted by Gasteiger charge is 2.17. The zero-order valence-electron chi connectivity index (χ0n) is 6.73. The average molecular weight is 204 g/mol. The van der Waals surface area contributed by atoms with E-state index in [2.05, 4.69) is 15.3 Å². The number of H-pyrrole nitrogens is 1. The standard InChI is InChI=1S/C5H8N4O3S/c1-3(10)9-4-5(8-2-7-4)13(6,11)12/h2H,1H3,(H,7,8)(H,9,10)(H2,6,11,12). The van der Waals surface area contributed by atoms with Crippen LogP contribution in [0.15, 0.2) is 11.4 Å². The Labute approximate surface area is 74.4 Å². The van der Waals surface area contributed by atoms with Crippen molar-refractivity contribution in [1.82, 2.24) is 9.97 Å². The minimum Gasteiger partial charge on any atom is -0.333 e. The molecule has 0 atom stereocenters. The Balaban J connectivity index is 3.11. The van der Waals surface area contributed by atoms with E-state index in [4.69, 9.17) is 5.14 Å². The van der Waals surface area contributed by atoms with Gasteiger partial charge < -0.3 is 10.3 Å². The van der Waals surface area contributed by atoms with Crippen LogP contribution in [0, 0.1) is 0 Å². The van der Waals surface area contributed by atoms with Crippen molar-refractivity contribution in [2.45, 2.75) is 11.9 Å². The van der Waals surface area contributed by atoms with Crippen molar-refractivity contribution in [3.63, 3.8) is 0 Å². The maximum Gasteiger partial charge on any atom is 0.257 e. The predicted molar refractivity (Wildman–Crippen MR) is 44.3 cm³/mol. The number of hydrogen-bond acceptors (Lipinski definition) is 4. The maximum absolute atomic E-state index is 10.9. The molecule has 0 saturated carbocycles. The van der Waals surface area contributed by atoms with Crippen molar-refractivity contribution in [3.8, 4) is 0 Å². The molecule has 0 aromatic carbocycles. The van der Waals surface area contributed by atoms with E-state index in [0.717, 1.165) is 6.33 Å². The van der Waals surface area contributed by atoms with Gasteiger partial charge in [-0.05, 0) is 0 Å². The van der Waals surface area contributed by atoms with E-state index in [-0.39, 0.29) is 10.8 Å². The molecule has 0 radical (unpaired) electrons. The van der Waals surface area contributed by atoms with Crippen LogP contribution in [0.4, 0.5) is 5.82 Å². The van der Waals surface area contributed by atoms with Gasteiger partial charge in [-0.3, -0.25) is 4.79 Å². The molecule has 0 aliphatic carbocycles. The summed E-state index contributed by atoms with van der Waals surface area (Å²) in [5, 5.41) is 6.74. The average Bonchev–Trinajstić information content (AvgIpc) is 2.31. The van der Waals surface area contributed by atoms with Crippen molar-refractivity contribution in [2.75, 3.05) is 5.32 Å². The number of nitrogens with zero attached hydrogens (tertiary/aromatic N) is 1. The molecule has 0 saturated heterocycles. The third-order valence-corrected chi connectivity index (χ3v) is 2.06. The summed E-state index contributed by atoms with van der Waals surface area (Å²) in [6.07, 6.45) is 1.13. The fourth-order valence-corrected chi connectivity index (χ4v) is 1.35. The molecule has 72 valence electrons. The van der Waals surface area contributed by atoms with E-state index < -0.39 is 15.9 Å². The van der Waals surface area contributed by atoms with Gasteiger partial charge in [0.1, 0.15) is 0 Å². The van der Waals surface area contributed by atoms with Crippen molar-refractivity contribution in [1.29, 1.82) is 0 Å². The topological polar surface area (TPSA) is 118 Å². The maximum atomic E-state index is 10.9. The Morgan fingerprint density at radius 1 is 1.69 bits per heavy atom. The largest absolute Gasteiger partial charge is 0.333 e. The van der Waals surface area contributed by atoms with Gasteiger partial charge in [0.2, 0.25) is 5.91 Å². The highest BCUT2D eigenvalue weighted by Crippen LogP contribution is 2.13. The summed E-state index contributed by atoms with van der Waals surface area (Å²) >= 11 is 0. The summed E-state index contributed by atoms with van der Waals surface area (Å²) in [5.74, 6) is -0.507. The molecule has 0 unspecified atom stereocenters. The van der Waals surface area contributed by atoms with Crippen LogP contribution in [0.5, 0.6) is 0 Å². The molecule has 0 bridgehead atoms. The first-order chi connectivity index (χ1) is 5.91. The fraction of sp³-hybridized carbons (Fsp3) is 0.200. The lowest BCUT2D eigenvalue weighted by Gasteiger charge is -1.99. The Morgan fingerprint density at radius 3 is 2.77 bits per heavy atom. The lowest BCUT2D eigenvalue weighted by molar-refractivity contribution is -0.114. The van der Waals surface area contributed by atoms with E-state index in [1.165, 1.54) is 6.92 Å². The SMILES string of the molecule is CC(=O)Nc1nc[nH]c1S(N)(=O)=O. The molecule has 7 nitrogen and oxygen atoms in total. The van der Waals surface area contributed by atoms with E-state index >= 15 is 0 Å². The normalized spacial score (nSPS) is 11.2. The number of sulfonamides is 1. The molecule has 0 aliphatic rings. The van der Waals surface area contributed by atoms with E-state index in [0.29, 0.717) is 0 Å².